The number of benzene rings is 2. The summed E-state index contributed by atoms with van der Waals surface area (Å²) in [4.78, 5) is 20.1. The highest BCUT2D eigenvalue weighted by atomic mass is 31.2. The second kappa shape index (κ2) is 11.1. The minimum atomic E-state index is -4.73. The summed E-state index contributed by atoms with van der Waals surface area (Å²) in [6.07, 6.45) is 1.61. The summed E-state index contributed by atoms with van der Waals surface area (Å²) in [5, 5.41) is 9.72. The zero-order chi connectivity index (χ0) is 21.3. The van der Waals surface area contributed by atoms with E-state index in [-0.39, 0.29) is 11.5 Å². The lowest BCUT2D eigenvalue weighted by Gasteiger charge is -2.22. The molecule has 3 N–H and O–H groups in total. The van der Waals surface area contributed by atoms with Crippen LogP contribution in [0.2, 0.25) is 0 Å². The Balaban J connectivity index is 1.92. The van der Waals surface area contributed by atoms with E-state index in [1.54, 1.807) is 13.2 Å². The summed E-state index contributed by atoms with van der Waals surface area (Å²) < 4.78 is 26.7. The molecule has 0 heterocycles. The molecule has 0 amide bonds. The van der Waals surface area contributed by atoms with Crippen molar-refractivity contribution in [3.8, 4) is 23.0 Å². The fourth-order valence-electron chi connectivity index (χ4n) is 2.88. The number of nitrogens with zero attached hydrogens (tertiary/aromatic N) is 1. The van der Waals surface area contributed by atoms with Gasteiger partial charge in [-0.05, 0) is 49.2 Å². The molecule has 0 fully saturated rings. The van der Waals surface area contributed by atoms with Gasteiger partial charge in [0.1, 0.15) is 6.61 Å². The molecule has 0 radical (unpaired) electrons. The minimum Gasteiger partial charge on any atom is -0.504 e. The number of phenols is 1. The summed E-state index contributed by atoms with van der Waals surface area (Å²) >= 11 is 0. The molecule has 29 heavy (non-hydrogen) atoms. The van der Waals surface area contributed by atoms with Gasteiger partial charge in [0.05, 0.1) is 7.11 Å². The van der Waals surface area contributed by atoms with Crippen LogP contribution in [0.5, 0.6) is 23.0 Å². The first-order chi connectivity index (χ1) is 13.8. The summed E-state index contributed by atoms with van der Waals surface area (Å²) in [7, 11) is -3.13. The molecule has 0 aliphatic rings. The van der Waals surface area contributed by atoms with Gasteiger partial charge in [-0.3, -0.25) is 14.7 Å². The minimum absolute atomic E-state index is 0.225. The Morgan fingerprint density at radius 1 is 1.00 bits per heavy atom. The number of para-hydroxylation sites is 2. The van der Waals surface area contributed by atoms with E-state index < -0.39 is 7.82 Å². The largest absolute Gasteiger partial charge is 0.524 e. The van der Waals surface area contributed by atoms with Crippen LogP contribution < -0.4 is 14.0 Å². The van der Waals surface area contributed by atoms with E-state index in [0.717, 1.165) is 31.6 Å². The Hall–Kier alpha value is -2.25. The van der Waals surface area contributed by atoms with Crippen LogP contribution in [0, 0.1) is 0 Å². The number of aromatic hydroxyl groups is 1. The van der Waals surface area contributed by atoms with E-state index in [1.165, 1.54) is 12.1 Å². The number of rotatable bonds is 12. The van der Waals surface area contributed by atoms with Crippen LogP contribution in [0.4, 0.5) is 0 Å². The highest BCUT2D eigenvalue weighted by molar-refractivity contribution is 7.46. The van der Waals surface area contributed by atoms with Crippen molar-refractivity contribution in [2.75, 3.05) is 33.4 Å². The Bertz CT molecular complexity index is 824. The van der Waals surface area contributed by atoms with Crippen LogP contribution in [-0.4, -0.2) is 53.1 Å². The maximum absolute atomic E-state index is 11.0. The van der Waals surface area contributed by atoms with E-state index in [9.17, 15) is 9.67 Å². The van der Waals surface area contributed by atoms with Gasteiger partial charge in [0, 0.05) is 13.1 Å². The topological polar surface area (TPSA) is 109 Å². The first kappa shape index (κ1) is 23.0. The number of phosphoric ester groups is 1. The molecular weight excluding hydrogens is 397 g/mol. The smallest absolute Gasteiger partial charge is 0.504 e. The second-order valence-corrected chi connectivity index (χ2v) is 7.64. The van der Waals surface area contributed by atoms with Gasteiger partial charge in [-0.2, -0.15) is 0 Å². The van der Waals surface area contributed by atoms with Crippen molar-refractivity contribution in [1.29, 1.82) is 0 Å². The highest BCUT2D eigenvalue weighted by Crippen LogP contribution is 2.41. The van der Waals surface area contributed by atoms with Crippen molar-refractivity contribution in [3.05, 3.63) is 48.0 Å². The maximum Gasteiger partial charge on any atom is 0.524 e. The van der Waals surface area contributed by atoms with Crippen molar-refractivity contribution < 1.29 is 33.5 Å². The predicted octanol–water partition coefficient (Wildman–Crippen LogP) is 3.21. The van der Waals surface area contributed by atoms with Crippen molar-refractivity contribution in [3.63, 3.8) is 0 Å². The molecular formula is C20H28NO7P. The van der Waals surface area contributed by atoms with E-state index in [1.807, 2.05) is 24.3 Å². The van der Waals surface area contributed by atoms with E-state index in [4.69, 9.17) is 19.3 Å². The molecule has 0 saturated carbocycles. The molecule has 8 nitrogen and oxygen atoms in total. The van der Waals surface area contributed by atoms with Crippen LogP contribution in [-0.2, 0) is 11.0 Å². The Morgan fingerprint density at radius 3 is 2.38 bits per heavy atom. The van der Waals surface area contributed by atoms with Gasteiger partial charge >= 0.3 is 7.82 Å². The number of ether oxygens (including phenoxy) is 2. The van der Waals surface area contributed by atoms with Crippen molar-refractivity contribution in [2.45, 2.75) is 19.8 Å². The van der Waals surface area contributed by atoms with Gasteiger partial charge in [-0.1, -0.05) is 25.1 Å². The normalized spacial score (nSPS) is 11.5. The van der Waals surface area contributed by atoms with Crippen LogP contribution in [0.25, 0.3) is 0 Å². The van der Waals surface area contributed by atoms with Crippen LogP contribution in [0.3, 0.4) is 0 Å². The van der Waals surface area contributed by atoms with E-state index in [0.29, 0.717) is 24.5 Å². The number of hydrogen-bond donors (Lipinski definition) is 3. The molecule has 0 saturated heterocycles. The van der Waals surface area contributed by atoms with E-state index in [2.05, 4.69) is 16.3 Å². The molecule has 0 unspecified atom stereocenters. The second-order valence-electron chi connectivity index (χ2n) is 6.47. The summed E-state index contributed by atoms with van der Waals surface area (Å²) in [5.74, 6) is 0.852. The van der Waals surface area contributed by atoms with Gasteiger partial charge in [-0.15, -0.1) is 0 Å². The first-order valence-corrected chi connectivity index (χ1v) is 10.9. The van der Waals surface area contributed by atoms with Gasteiger partial charge in [0.2, 0.25) is 0 Å². The third-order valence-electron chi connectivity index (χ3n) is 4.23. The van der Waals surface area contributed by atoms with Gasteiger partial charge < -0.3 is 19.1 Å². The molecule has 0 bridgehead atoms. The number of hydrogen-bond acceptors (Lipinski definition) is 6. The monoisotopic (exact) mass is 425 g/mol. The quantitative estimate of drug-likeness (QED) is 0.445. The molecule has 0 aliphatic carbocycles. The lowest BCUT2D eigenvalue weighted by molar-refractivity contribution is 0.205. The summed E-state index contributed by atoms with van der Waals surface area (Å²) in [5.41, 5.74) is 0.804. The predicted molar refractivity (Wildman–Crippen MR) is 110 cm³/mol. The SMILES string of the molecule is CCCN(CCOc1ccccc1OC)CCc1ccc(O)c(OP(=O)(O)O)c1. The zero-order valence-electron chi connectivity index (χ0n) is 16.7. The maximum atomic E-state index is 11.0. The Labute approximate surface area is 170 Å². The van der Waals surface area contributed by atoms with Crippen LogP contribution in [0.15, 0.2) is 42.5 Å². The molecule has 0 atom stereocenters. The van der Waals surface area contributed by atoms with Crippen molar-refractivity contribution in [1.82, 2.24) is 4.90 Å². The molecule has 2 rings (SSSR count). The van der Waals surface area contributed by atoms with Gasteiger partial charge in [-0.25, -0.2) is 4.57 Å². The van der Waals surface area contributed by atoms with Crippen LogP contribution >= 0.6 is 7.82 Å². The summed E-state index contributed by atoms with van der Waals surface area (Å²) in [6, 6.07) is 12.0. The lowest BCUT2D eigenvalue weighted by Crippen LogP contribution is -2.31. The molecule has 0 aliphatic heterocycles. The van der Waals surface area contributed by atoms with Gasteiger partial charge in [0.15, 0.2) is 23.0 Å². The Kier molecular flexibility index (Phi) is 8.79. The fraction of sp³-hybridized carbons (Fsp3) is 0.400. The zero-order valence-corrected chi connectivity index (χ0v) is 17.5. The lowest BCUT2D eigenvalue weighted by atomic mass is 10.1. The average molecular weight is 425 g/mol. The highest BCUT2D eigenvalue weighted by Gasteiger charge is 2.19. The van der Waals surface area contributed by atoms with Crippen LogP contribution in [0.1, 0.15) is 18.9 Å². The molecule has 0 aromatic heterocycles. The fourth-order valence-corrected chi connectivity index (χ4v) is 3.28. The average Bonchev–Trinajstić information content (AvgIpc) is 2.67. The van der Waals surface area contributed by atoms with E-state index >= 15 is 0 Å². The molecule has 160 valence electrons. The third-order valence-corrected chi connectivity index (χ3v) is 4.67. The number of phenolic OH excluding ortho intramolecular Hbond substituents is 1. The third kappa shape index (κ3) is 7.95. The van der Waals surface area contributed by atoms with Crippen molar-refractivity contribution >= 4 is 7.82 Å². The molecule has 9 heteroatoms. The molecule has 0 spiro atoms. The molecule has 2 aromatic rings. The Morgan fingerprint density at radius 2 is 1.72 bits per heavy atom. The number of methoxy groups -OCH3 is 1. The van der Waals surface area contributed by atoms with Gasteiger partial charge in [0.25, 0.3) is 0 Å². The molecule has 2 aromatic carbocycles. The van der Waals surface area contributed by atoms with Crippen molar-refractivity contribution in [2.24, 2.45) is 0 Å². The first-order valence-electron chi connectivity index (χ1n) is 9.37. The number of phosphoric acid groups is 1. The summed E-state index contributed by atoms with van der Waals surface area (Å²) in [6.45, 7) is 4.93. The standard InChI is InChI=1S/C20H28NO7P/c1-3-11-21(13-14-27-19-7-5-4-6-18(19)26-2)12-10-16-8-9-17(22)20(15-16)28-29(23,24)25/h4-9,15,22H,3,10-14H2,1-2H3,(H2,23,24,25).